The molecule has 4 aromatic rings. The summed E-state index contributed by atoms with van der Waals surface area (Å²) in [7, 11) is 0. The standard InChI is InChI=1S/C22H19ClN6OS2/c1-2-12-28(21-25-18(13-31-21)15-8-4-3-5-9-15)19(30)14-32-22-27-26-20(29(22)24)16-10-6-7-11-17(16)23/h2-11,13H,1,12,14,24H2. The van der Waals surface area contributed by atoms with Gasteiger partial charge in [-0.1, -0.05) is 71.9 Å². The molecule has 0 radical (unpaired) electrons. The maximum absolute atomic E-state index is 13.0. The van der Waals surface area contributed by atoms with E-state index in [1.807, 2.05) is 53.9 Å². The number of thiazole rings is 1. The third kappa shape index (κ3) is 4.69. The molecule has 0 bridgehead atoms. The van der Waals surface area contributed by atoms with Crippen LogP contribution in [0.25, 0.3) is 22.6 Å². The highest BCUT2D eigenvalue weighted by Crippen LogP contribution is 2.30. The average Bonchev–Trinajstić information content (AvgIpc) is 3.44. The van der Waals surface area contributed by atoms with E-state index in [-0.39, 0.29) is 11.7 Å². The van der Waals surface area contributed by atoms with Gasteiger partial charge in [0, 0.05) is 23.1 Å². The average molecular weight is 483 g/mol. The van der Waals surface area contributed by atoms with Crippen LogP contribution in [0.5, 0.6) is 0 Å². The van der Waals surface area contributed by atoms with Crippen molar-refractivity contribution in [1.82, 2.24) is 19.9 Å². The third-order valence-corrected chi connectivity index (χ3v) is 6.63. The van der Waals surface area contributed by atoms with E-state index in [4.69, 9.17) is 17.4 Å². The van der Waals surface area contributed by atoms with Crippen molar-refractivity contribution in [3.63, 3.8) is 0 Å². The molecule has 0 aliphatic heterocycles. The Hall–Kier alpha value is -3.14. The van der Waals surface area contributed by atoms with Crippen molar-refractivity contribution in [2.45, 2.75) is 5.16 Å². The Bertz CT molecular complexity index is 1240. The molecule has 10 heteroatoms. The summed E-state index contributed by atoms with van der Waals surface area (Å²) in [5.41, 5.74) is 2.50. The first-order chi connectivity index (χ1) is 15.6. The van der Waals surface area contributed by atoms with Gasteiger partial charge in [-0.2, -0.15) is 0 Å². The summed E-state index contributed by atoms with van der Waals surface area (Å²) in [6.07, 6.45) is 1.67. The van der Waals surface area contributed by atoms with Crippen molar-refractivity contribution in [3.05, 3.63) is 77.7 Å². The topological polar surface area (TPSA) is 89.9 Å². The van der Waals surface area contributed by atoms with Gasteiger partial charge in [0.05, 0.1) is 16.5 Å². The maximum Gasteiger partial charge on any atom is 0.239 e. The molecule has 32 heavy (non-hydrogen) atoms. The first-order valence-electron chi connectivity index (χ1n) is 9.59. The Kier molecular flexibility index (Phi) is 6.89. The van der Waals surface area contributed by atoms with Gasteiger partial charge >= 0.3 is 0 Å². The van der Waals surface area contributed by atoms with Gasteiger partial charge in [-0.05, 0) is 12.1 Å². The van der Waals surface area contributed by atoms with Crippen LogP contribution >= 0.6 is 34.7 Å². The number of hydrogen-bond acceptors (Lipinski definition) is 7. The van der Waals surface area contributed by atoms with Crippen molar-refractivity contribution in [2.24, 2.45) is 0 Å². The summed E-state index contributed by atoms with van der Waals surface area (Å²) in [6, 6.07) is 17.1. The van der Waals surface area contributed by atoms with Crippen LogP contribution < -0.4 is 10.7 Å². The third-order valence-electron chi connectivity index (χ3n) is 4.51. The van der Waals surface area contributed by atoms with Gasteiger partial charge in [0.15, 0.2) is 11.0 Å². The lowest BCUT2D eigenvalue weighted by molar-refractivity contribution is -0.116. The number of aromatic nitrogens is 4. The fourth-order valence-electron chi connectivity index (χ4n) is 2.95. The lowest BCUT2D eigenvalue weighted by Gasteiger charge is -2.17. The molecule has 4 rings (SSSR count). The molecule has 1 amide bonds. The zero-order valence-corrected chi connectivity index (χ0v) is 19.3. The molecule has 0 fully saturated rings. The molecule has 2 heterocycles. The zero-order valence-electron chi connectivity index (χ0n) is 16.9. The maximum atomic E-state index is 13.0. The van der Waals surface area contributed by atoms with Crippen LogP contribution in [0.1, 0.15) is 0 Å². The van der Waals surface area contributed by atoms with Crippen molar-refractivity contribution in [2.75, 3.05) is 23.0 Å². The van der Waals surface area contributed by atoms with Crippen molar-refractivity contribution >= 4 is 45.7 Å². The predicted octanol–water partition coefficient (Wildman–Crippen LogP) is 4.75. The molecule has 0 saturated carbocycles. The number of carbonyl (C=O) groups is 1. The quantitative estimate of drug-likeness (QED) is 0.221. The highest BCUT2D eigenvalue weighted by Gasteiger charge is 2.21. The highest BCUT2D eigenvalue weighted by molar-refractivity contribution is 7.99. The SMILES string of the molecule is C=CCN(C(=O)CSc1nnc(-c2ccccc2Cl)n1N)c1nc(-c2ccccc2)cs1. The van der Waals surface area contributed by atoms with E-state index >= 15 is 0 Å². The van der Waals surface area contributed by atoms with Crippen LogP contribution in [0.3, 0.4) is 0 Å². The summed E-state index contributed by atoms with van der Waals surface area (Å²) in [5.74, 6) is 6.58. The molecular weight excluding hydrogens is 464 g/mol. The number of rotatable bonds is 8. The minimum absolute atomic E-state index is 0.117. The minimum atomic E-state index is -0.133. The normalized spacial score (nSPS) is 10.8. The van der Waals surface area contributed by atoms with Crippen LogP contribution in [0.2, 0.25) is 5.02 Å². The van der Waals surface area contributed by atoms with Gasteiger partial charge in [0.25, 0.3) is 0 Å². The second-order valence-electron chi connectivity index (χ2n) is 6.62. The Morgan fingerprint density at radius 3 is 2.69 bits per heavy atom. The zero-order chi connectivity index (χ0) is 22.5. The summed E-state index contributed by atoms with van der Waals surface area (Å²) < 4.78 is 1.34. The summed E-state index contributed by atoms with van der Waals surface area (Å²) in [6.45, 7) is 4.12. The van der Waals surface area contributed by atoms with Crippen molar-refractivity contribution in [1.29, 1.82) is 0 Å². The molecule has 7 nitrogen and oxygen atoms in total. The Balaban J connectivity index is 1.48. The van der Waals surface area contributed by atoms with Crippen LogP contribution in [-0.2, 0) is 4.79 Å². The number of amides is 1. The molecular formula is C22H19ClN6OS2. The van der Waals surface area contributed by atoms with E-state index in [9.17, 15) is 4.79 Å². The van der Waals surface area contributed by atoms with E-state index in [1.54, 1.807) is 17.0 Å². The largest absolute Gasteiger partial charge is 0.335 e. The van der Waals surface area contributed by atoms with Crippen LogP contribution in [0.15, 0.2) is 77.8 Å². The molecule has 2 aromatic heterocycles. The molecule has 0 atom stereocenters. The van der Waals surface area contributed by atoms with Gasteiger partial charge in [-0.15, -0.1) is 28.1 Å². The van der Waals surface area contributed by atoms with Crippen molar-refractivity contribution in [3.8, 4) is 22.6 Å². The molecule has 0 aliphatic carbocycles. The van der Waals surface area contributed by atoms with Crippen LogP contribution in [-0.4, -0.2) is 38.1 Å². The van der Waals surface area contributed by atoms with Gasteiger partial charge in [-0.3, -0.25) is 9.69 Å². The number of halogens is 1. The predicted molar refractivity (Wildman–Crippen MR) is 131 cm³/mol. The lowest BCUT2D eigenvalue weighted by Crippen LogP contribution is -2.32. The number of nitrogen functional groups attached to an aromatic ring is 1. The molecule has 0 spiro atoms. The Morgan fingerprint density at radius 1 is 1.19 bits per heavy atom. The van der Waals surface area contributed by atoms with E-state index in [0.29, 0.717) is 33.2 Å². The Morgan fingerprint density at radius 2 is 1.94 bits per heavy atom. The van der Waals surface area contributed by atoms with Gasteiger partial charge < -0.3 is 5.84 Å². The molecule has 0 aliphatic rings. The van der Waals surface area contributed by atoms with Crippen LogP contribution in [0, 0.1) is 0 Å². The molecule has 0 unspecified atom stereocenters. The number of benzene rings is 2. The number of hydrogen-bond donors (Lipinski definition) is 1. The molecule has 162 valence electrons. The van der Waals surface area contributed by atoms with E-state index in [2.05, 4.69) is 21.8 Å². The number of nitrogens with two attached hydrogens (primary N) is 1. The summed E-state index contributed by atoms with van der Waals surface area (Å²) in [5, 5.41) is 11.7. The van der Waals surface area contributed by atoms with E-state index in [1.165, 1.54) is 27.8 Å². The van der Waals surface area contributed by atoms with E-state index in [0.717, 1.165) is 11.3 Å². The summed E-state index contributed by atoms with van der Waals surface area (Å²) >= 11 is 8.85. The fourth-order valence-corrected chi connectivity index (χ4v) is 4.76. The summed E-state index contributed by atoms with van der Waals surface area (Å²) in [4.78, 5) is 19.2. The molecule has 0 saturated heterocycles. The Labute approximate surface area is 198 Å². The second kappa shape index (κ2) is 9.99. The van der Waals surface area contributed by atoms with E-state index < -0.39 is 0 Å². The monoisotopic (exact) mass is 482 g/mol. The molecule has 2 N–H and O–H groups in total. The fraction of sp³-hybridized carbons (Fsp3) is 0.0909. The molecule has 2 aromatic carbocycles. The first-order valence-corrected chi connectivity index (χ1v) is 11.8. The number of anilines is 1. The van der Waals surface area contributed by atoms with Crippen LogP contribution in [0.4, 0.5) is 5.13 Å². The number of nitrogens with zero attached hydrogens (tertiary/aromatic N) is 5. The minimum Gasteiger partial charge on any atom is -0.335 e. The van der Waals surface area contributed by atoms with Gasteiger partial charge in [0.1, 0.15) is 0 Å². The second-order valence-corrected chi connectivity index (χ2v) is 8.81. The van der Waals surface area contributed by atoms with Gasteiger partial charge in [-0.25, -0.2) is 9.66 Å². The smallest absolute Gasteiger partial charge is 0.239 e. The van der Waals surface area contributed by atoms with Gasteiger partial charge in [0.2, 0.25) is 11.1 Å². The number of thioether (sulfide) groups is 1. The first kappa shape index (κ1) is 22.1. The number of carbonyl (C=O) groups excluding carboxylic acids is 1. The lowest BCUT2D eigenvalue weighted by atomic mass is 10.2. The van der Waals surface area contributed by atoms with Crippen molar-refractivity contribution < 1.29 is 4.79 Å². The highest BCUT2D eigenvalue weighted by atomic mass is 35.5.